The SMILES string of the molecule is CCc1ccccc1NC(=O)CSc1nc2ccc(Br)cc2c(=O)n1CC. The van der Waals surface area contributed by atoms with Crippen molar-refractivity contribution in [2.75, 3.05) is 11.1 Å². The molecule has 2 aromatic carbocycles. The summed E-state index contributed by atoms with van der Waals surface area (Å²) in [7, 11) is 0. The van der Waals surface area contributed by atoms with Crippen LogP contribution in [0.2, 0.25) is 0 Å². The third kappa shape index (κ3) is 4.42. The summed E-state index contributed by atoms with van der Waals surface area (Å²) in [5.74, 6) is 0.0701. The Labute approximate surface area is 170 Å². The molecule has 0 aliphatic heterocycles. The second kappa shape index (κ2) is 8.71. The number of para-hydroxylation sites is 1. The third-order valence-electron chi connectivity index (χ3n) is 4.20. The number of thioether (sulfide) groups is 1. The number of nitrogens with zero attached hydrogens (tertiary/aromatic N) is 2. The number of rotatable bonds is 6. The van der Waals surface area contributed by atoms with E-state index >= 15 is 0 Å². The number of anilines is 1. The molecular formula is C20H20BrN3O2S. The van der Waals surface area contributed by atoms with E-state index in [2.05, 4.69) is 33.2 Å². The lowest BCUT2D eigenvalue weighted by Gasteiger charge is -2.12. The average molecular weight is 446 g/mol. The Morgan fingerprint density at radius 2 is 2.00 bits per heavy atom. The summed E-state index contributed by atoms with van der Waals surface area (Å²) < 4.78 is 2.44. The molecule has 0 aliphatic rings. The molecule has 27 heavy (non-hydrogen) atoms. The molecule has 0 spiro atoms. The summed E-state index contributed by atoms with van der Waals surface area (Å²) in [4.78, 5) is 29.7. The maximum absolute atomic E-state index is 12.7. The molecule has 3 aromatic rings. The van der Waals surface area contributed by atoms with Crippen molar-refractivity contribution in [3.63, 3.8) is 0 Å². The second-order valence-electron chi connectivity index (χ2n) is 5.95. The Hall–Kier alpha value is -2.12. The Morgan fingerprint density at radius 3 is 2.74 bits per heavy atom. The predicted molar refractivity (Wildman–Crippen MR) is 115 cm³/mol. The predicted octanol–water partition coefficient (Wildman–Crippen LogP) is 4.47. The lowest BCUT2D eigenvalue weighted by atomic mass is 10.1. The standard InChI is InChI=1S/C20H20BrN3O2S/c1-3-13-7-5-6-8-16(13)22-18(25)12-27-20-23-17-10-9-14(21)11-15(17)19(26)24(20)4-2/h5-11H,3-4,12H2,1-2H3,(H,22,25). The molecule has 5 nitrogen and oxygen atoms in total. The van der Waals surface area contributed by atoms with Gasteiger partial charge in [0.05, 0.1) is 16.7 Å². The van der Waals surface area contributed by atoms with Gasteiger partial charge in [-0.3, -0.25) is 14.2 Å². The van der Waals surface area contributed by atoms with E-state index in [1.54, 1.807) is 10.6 Å². The minimum atomic E-state index is -0.117. The van der Waals surface area contributed by atoms with E-state index in [4.69, 9.17) is 0 Å². The number of amides is 1. The van der Waals surface area contributed by atoms with E-state index in [1.165, 1.54) is 11.8 Å². The number of hydrogen-bond donors (Lipinski definition) is 1. The van der Waals surface area contributed by atoms with Crippen LogP contribution in [0.3, 0.4) is 0 Å². The van der Waals surface area contributed by atoms with Crippen molar-refractivity contribution in [1.29, 1.82) is 0 Å². The minimum absolute atomic E-state index is 0.0944. The summed E-state index contributed by atoms with van der Waals surface area (Å²) in [6.07, 6.45) is 0.848. The fourth-order valence-electron chi connectivity index (χ4n) is 2.83. The first-order chi connectivity index (χ1) is 13.0. The molecule has 0 aliphatic carbocycles. The number of halogens is 1. The van der Waals surface area contributed by atoms with Gasteiger partial charge in [-0.2, -0.15) is 0 Å². The molecule has 1 N–H and O–H groups in total. The van der Waals surface area contributed by atoms with Crippen LogP contribution in [0.5, 0.6) is 0 Å². The van der Waals surface area contributed by atoms with Crippen LogP contribution in [0.25, 0.3) is 10.9 Å². The smallest absolute Gasteiger partial charge is 0.262 e. The van der Waals surface area contributed by atoms with Crippen molar-refractivity contribution in [3.8, 4) is 0 Å². The van der Waals surface area contributed by atoms with Crippen LogP contribution in [0.15, 0.2) is 56.9 Å². The van der Waals surface area contributed by atoms with Crippen molar-refractivity contribution in [2.45, 2.75) is 32.0 Å². The van der Waals surface area contributed by atoms with Gasteiger partial charge < -0.3 is 5.32 Å². The van der Waals surface area contributed by atoms with Crippen molar-refractivity contribution >= 4 is 50.2 Å². The summed E-state index contributed by atoms with van der Waals surface area (Å²) in [5.41, 5.74) is 2.46. The molecule has 7 heteroatoms. The van der Waals surface area contributed by atoms with Gasteiger partial charge >= 0.3 is 0 Å². The largest absolute Gasteiger partial charge is 0.325 e. The minimum Gasteiger partial charge on any atom is -0.325 e. The molecule has 0 saturated heterocycles. The molecule has 1 heterocycles. The zero-order valence-corrected chi connectivity index (χ0v) is 17.6. The first-order valence-corrected chi connectivity index (χ1v) is 10.5. The molecule has 1 aromatic heterocycles. The molecule has 0 fully saturated rings. The molecule has 140 valence electrons. The van der Waals surface area contributed by atoms with E-state index in [1.807, 2.05) is 43.3 Å². The van der Waals surface area contributed by atoms with Crippen LogP contribution < -0.4 is 10.9 Å². The lowest BCUT2D eigenvalue weighted by molar-refractivity contribution is -0.113. The molecule has 0 bridgehead atoms. The highest BCUT2D eigenvalue weighted by Crippen LogP contribution is 2.21. The monoisotopic (exact) mass is 445 g/mol. The Balaban J connectivity index is 1.81. The van der Waals surface area contributed by atoms with Gasteiger partial charge in [-0.15, -0.1) is 0 Å². The fraction of sp³-hybridized carbons (Fsp3) is 0.250. The van der Waals surface area contributed by atoms with Gasteiger partial charge in [0.1, 0.15) is 0 Å². The molecule has 0 unspecified atom stereocenters. The van der Waals surface area contributed by atoms with Gasteiger partial charge in [-0.05, 0) is 43.2 Å². The maximum Gasteiger partial charge on any atom is 0.262 e. The van der Waals surface area contributed by atoms with Gasteiger partial charge in [-0.1, -0.05) is 52.8 Å². The number of fused-ring (bicyclic) bond motifs is 1. The van der Waals surface area contributed by atoms with Crippen molar-refractivity contribution in [3.05, 3.63) is 62.9 Å². The molecule has 0 radical (unpaired) electrons. The molecule has 3 rings (SSSR count). The van der Waals surface area contributed by atoms with Gasteiger partial charge in [0.15, 0.2) is 5.16 Å². The topological polar surface area (TPSA) is 64.0 Å². The Bertz CT molecular complexity index is 1050. The molecule has 0 saturated carbocycles. The summed E-state index contributed by atoms with van der Waals surface area (Å²) in [5, 5.41) is 4.07. The Morgan fingerprint density at radius 1 is 1.22 bits per heavy atom. The fourth-order valence-corrected chi connectivity index (χ4v) is 4.05. The summed E-state index contributed by atoms with van der Waals surface area (Å²) >= 11 is 4.66. The first kappa shape index (κ1) is 19.6. The van der Waals surface area contributed by atoms with E-state index in [-0.39, 0.29) is 17.2 Å². The van der Waals surface area contributed by atoms with Crippen LogP contribution >= 0.6 is 27.7 Å². The van der Waals surface area contributed by atoms with Crippen molar-refractivity contribution in [2.24, 2.45) is 0 Å². The molecule has 1 amide bonds. The average Bonchev–Trinajstić information content (AvgIpc) is 2.67. The quantitative estimate of drug-likeness (QED) is 0.448. The second-order valence-corrected chi connectivity index (χ2v) is 7.81. The molecular weight excluding hydrogens is 426 g/mol. The van der Waals surface area contributed by atoms with Gasteiger partial charge in [0.25, 0.3) is 5.56 Å². The summed E-state index contributed by atoms with van der Waals surface area (Å²) in [6, 6.07) is 13.2. The lowest BCUT2D eigenvalue weighted by Crippen LogP contribution is -2.23. The summed E-state index contributed by atoms with van der Waals surface area (Å²) in [6.45, 7) is 4.45. The zero-order chi connectivity index (χ0) is 19.4. The zero-order valence-electron chi connectivity index (χ0n) is 15.2. The normalized spacial score (nSPS) is 10.9. The van der Waals surface area contributed by atoms with Gasteiger partial charge in [0.2, 0.25) is 5.91 Å². The van der Waals surface area contributed by atoms with Crippen LogP contribution in [-0.4, -0.2) is 21.2 Å². The number of aromatic nitrogens is 2. The van der Waals surface area contributed by atoms with E-state index in [9.17, 15) is 9.59 Å². The number of hydrogen-bond acceptors (Lipinski definition) is 4. The van der Waals surface area contributed by atoms with E-state index in [0.717, 1.165) is 22.1 Å². The van der Waals surface area contributed by atoms with Crippen LogP contribution in [0.4, 0.5) is 5.69 Å². The number of aryl methyl sites for hydroxylation is 1. The highest BCUT2D eigenvalue weighted by molar-refractivity contribution is 9.10. The Kier molecular flexibility index (Phi) is 6.34. The van der Waals surface area contributed by atoms with Crippen LogP contribution in [0.1, 0.15) is 19.4 Å². The number of carbonyl (C=O) groups is 1. The van der Waals surface area contributed by atoms with Crippen molar-refractivity contribution < 1.29 is 4.79 Å². The highest BCUT2D eigenvalue weighted by Gasteiger charge is 2.13. The number of nitrogens with one attached hydrogen (secondary N) is 1. The number of benzene rings is 2. The van der Waals surface area contributed by atoms with Crippen molar-refractivity contribution in [1.82, 2.24) is 9.55 Å². The van der Waals surface area contributed by atoms with E-state index < -0.39 is 0 Å². The molecule has 0 atom stereocenters. The first-order valence-electron chi connectivity index (χ1n) is 8.74. The van der Waals surface area contributed by atoms with Crippen LogP contribution in [-0.2, 0) is 17.8 Å². The van der Waals surface area contributed by atoms with E-state index in [0.29, 0.717) is 22.6 Å². The maximum atomic E-state index is 12.7. The highest BCUT2D eigenvalue weighted by atomic mass is 79.9. The third-order valence-corrected chi connectivity index (χ3v) is 5.67. The number of carbonyl (C=O) groups excluding carboxylic acids is 1. The van der Waals surface area contributed by atoms with Crippen LogP contribution in [0, 0.1) is 0 Å². The van der Waals surface area contributed by atoms with Gasteiger partial charge in [-0.25, -0.2) is 4.98 Å². The van der Waals surface area contributed by atoms with Gasteiger partial charge in [0, 0.05) is 16.7 Å².